The van der Waals surface area contributed by atoms with Gasteiger partial charge in [-0.25, -0.2) is 4.39 Å². The van der Waals surface area contributed by atoms with E-state index >= 15 is 0 Å². The molecule has 1 amide bonds. The van der Waals surface area contributed by atoms with Crippen molar-refractivity contribution in [3.63, 3.8) is 0 Å². The number of hydrazine groups is 1. The Bertz CT molecular complexity index is 677. The van der Waals surface area contributed by atoms with Gasteiger partial charge in [0.15, 0.2) is 0 Å². The predicted molar refractivity (Wildman–Crippen MR) is 81.7 cm³/mol. The summed E-state index contributed by atoms with van der Waals surface area (Å²) in [5.41, 5.74) is 4.70. The van der Waals surface area contributed by atoms with Crippen LogP contribution in [0.2, 0.25) is 0 Å². The zero-order valence-corrected chi connectivity index (χ0v) is 12.6. The lowest BCUT2D eigenvalue weighted by atomic mass is 10.0. The topological polar surface area (TPSA) is 45.2 Å². The molecular weight excluding hydrogens is 372 g/mol. The maximum Gasteiger partial charge on any atom is 0.272 e. The highest BCUT2D eigenvalue weighted by Crippen LogP contribution is 2.21. The number of halogens is 2. The van der Waals surface area contributed by atoms with E-state index in [0.717, 1.165) is 9.13 Å². The number of carbonyl (C=O) groups is 1. The number of hydrogen-bond donors (Lipinski definition) is 1. The minimum Gasteiger partial charge on any atom is -0.293 e. The smallest absolute Gasteiger partial charge is 0.272 e. The molecule has 1 N–H and O–H groups in total. The van der Waals surface area contributed by atoms with E-state index < -0.39 is 0 Å². The molecule has 0 atom stereocenters. The standard InChI is InChI=1S/C14H11FIN3O/c15-12-7-10(16)1-2-13(12)18-19-6-4-9-8-17-5-3-11(9)14(19)20/h1-3,5,7-8,18H,4,6H2. The lowest BCUT2D eigenvalue weighted by molar-refractivity contribution is 0.0778. The van der Waals surface area contributed by atoms with Crippen molar-refractivity contribution >= 4 is 34.2 Å². The van der Waals surface area contributed by atoms with Gasteiger partial charge in [-0.3, -0.25) is 20.2 Å². The van der Waals surface area contributed by atoms with Gasteiger partial charge in [0.2, 0.25) is 0 Å². The molecule has 0 aliphatic carbocycles. The molecule has 20 heavy (non-hydrogen) atoms. The molecule has 6 heteroatoms. The number of nitrogens with zero attached hydrogens (tertiary/aromatic N) is 2. The maximum atomic E-state index is 13.8. The first-order valence-electron chi connectivity index (χ1n) is 6.11. The molecule has 0 radical (unpaired) electrons. The SMILES string of the molecule is O=C1c2ccncc2CCN1Nc1ccc(I)cc1F. The number of rotatable bonds is 2. The zero-order chi connectivity index (χ0) is 14.1. The van der Waals surface area contributed by atoms with Gasteiger partial charge in [0.25, 0.3) is 5.91 Å². The molecule has 1 aromatic heterocycles. The van der Waals surface area contributed by atoms with E-state index in [1.165, 1.54) is 11.1 Å². The molecule has 0 spiro atoms. The molecule has 102 valence electrons. The predicted octanol–water partition coefficient (Wildman–Crippen LogP) is 2.85. The molecular formula is C14H11FIN3O. The van der Waals surface area contributed by atoms with E-state index in [2.05, 4.69) is 10.4 Å². The van der Waals surface area contributed by atoms with Crippen molar-refractivity contribution in [1.29, 1.82) is 0 Å². The van der Waals surface area contributed by atoms with Crippen molar-refractivity contribution in [2.45, 2.75) is 6.42 Å². The Balaban J connectivity index is 1.85. The van der Waals surface area contributed by atoms with E-state index in [1.807, 2.05) is 22.6 Å². The van der Waals surface area contributed by atoms with Crippen LogP contribution < -0.4 is 5.43 Å². The number of nitrogens with one attached hydrogen (secondary N) is 1. The summed E-state index contributed by atoms with van der Waals surface area (Å²) in [5, 5.41) is 1.44. The molecule has 0 bridgehead atoms. The van der Waals surface area contributed by atoms with Crippen molar-refractivity contribution in [3.05, 3.63) is 57.2 Å². The van der Waals surface area contributed by atoms with Crippen molar-refractivity contribution < 1.29 is 9.18 Å². The van der Waals surface area contributed by atoms with Gasteiger partial charge in [-0.1, -0.05) is 0 Å². The molecule has 2 aromatic rings. The molecule has 3 rings (SSSR count). The van der Waals surface area contributed by atoms with Crippen LogP contribution in [-0.4, -0.2) is 22.4 Å². The molecule has 4 nitrogen and oxygen atoms in total. The van der Waals surface area contributed by atoms with Crippen LogP contribution in [0.3, 0.4) is 0 Å². The molecule has 0 unspecified atom stereocenters. The van der Waals surface area contributed by atoms with Crippen molar-refractivity contribution in [1.82, 2.24) is 9.99 Å². The second kappa shape index (κ2) is 5.35. The monoisotopic (exact) mass is 383 g/mol. The summed E-state index contributed by atoms with van der Waals surface area (Å²) in [6.07, 6.45) is 4.00. The quantitative estimate of drug-likeness (QED) is 0.812. The highest BCUT2D eigenvalue weighted by atomic mass is 127. The number of amides is 1. The van der Waals surface area contributed by atoms with Gasteiger partial charge >= 0.3 is 0 Å². The molecule has 0 saturated heterocycles. The fourth-order valence-corrected chi connectivity index (χ4v) is 2.60. The second-order valence-corrected chi connectivity index (χ2v) is 5.72. The van der Waals surface area contributed by atoms with Gasteiger partial charge in [-0.15, -0.1) is 0 Å². The van der Waals surface area contributed by atoms with Crippen LogP contribution in [0.15, 0.2) is 36.7 Å². The van der Waals surface area contributed by atoms with E-state index in [9.17, 15) is 9.18 Å². The van der Waals surface area contributed by atoms with E-state index in [0.29, 0.717) is 24.2 Å². The minimum atomic E-state index is -0.370. The van der Waals surface area contributed by atoms with Crippen LogP contribution in [0.25, 0.3) is 0 Å². The number of anilines is 1. The Morgan fingerprint density at radius 1 is 1.35 bits per heavy atom. The van der Waals surface area contributed by atoms with Crippen LogP contribution in [0.5, 0.6) is 0 Å². The Labute approximate surface area is 129 Å². The summed E-state index contributed by atoms with van der Waals surface area (Å²) in [5.74, 6) is -0.531. The van der Waals surface area contributed by atoms with Gasteiger partial charge in [0, 0.05) is 28.1 Å². The van der Waals surface area contributed by atoms with Gasteiger partial charge in [-0.05, 0) is 58.8 Å². The Morgan fingerprint density at radius 3 is 3.00 bits per heavy atom. The molecule has 2 heterocycles. The third kappa shape index (κ3) is 2.47. The van der Waals surface area contributed by atoms with E-state index in [1.54, 1.807) is 30.6 Å². The van der Waals surface area contributed by atoms with Crippen LogP contribution in [0.4, 0.5) is 10.1 Å². The van der Waals surface area contributed by atoms with Crippen molar-refractivity contribution in [3.8, 4) is 0 Å². The first kappa shape index (κ1) is 13.3. The first-order valence-corrected chi connectivity index (χ1v) is 7.19. The van der Waals surface area contributed by atoms with E-state index in [-0.39, 0.29) is 11.7 Å². The number of carbonyl (C=O) groups excluding carboxylic acids is 1. The number of aromatic nitrogens is 1. The maximum absolute atomic E-state index is 13.8. The minimum absolute atomic E-state index is 0.161. The fraction of sp³-hybridized carbons (Fsp3) is 0.143. The van der Waals surface area contributed by atoms with Gasteiger partial charge in [0.1, 0.15) is 5.82 Å². The number of fused-ring (bicyclic) bond motifs is 1. The largest absolute Gasteiger partial charge is 0.293 e. The molecule has 1 aliphatic rings. The number of hydrogen-bond acceptors (Lipinski definition) is 3. The fourth-order valence-electron chi connectivity index (χ4n) is 2.15. The van der Waals surface area contributed by atoms with Gasteiger partial charge in [-0.2, -0.15) is 0 Å². The molecule has 0 fully saturated rings. The summed E-state index contributed by atoms with van der Waals surface area (Å²) in [6.45, 7) is 0.489. The van der Waals surface area contributed by atoms with Crippen LogP contribution in [0, 0.1) is 9.39 Å². The van der Waals surface area contributed by atoms with Crippen LogP contribution >= 0.6 is 22.6 Å². The Kier molecular flexibility index (Phi) is 3.56. The summed E-state index contributed by atoms with van der Waals surface area (Å²) in [4.78, 5) is 16.3. The zero-order valence-electron chi connectivity index (χ0n) is 10.4. The van der Waals surface area contributed by atoms with Crippen molar-refractivity contribution in [2.24, 2.45) is 0 Å². The Morgan fingerprint density at radius 2 is 2.20 bits per heavy atom. The number of benzene rings is 1. The third-order valence-corrected chi connectivity index (χ3v) is 3.84. The summed E-state index contributed by atoms with van der Waals surface area (Å²) in [6, 6.07) is 6.54. The average Bonchev–Trinajstić information content (AvgIpc) is 2.45. The third-order valence-electron chi connectivity index (χ3n) is 3.17. The molecule has 1 aromatic carbocycles. The highest BCUT2D eigenvalue weighted by Gasteiger charge is 2.24. The van der Waals surface area contributed by atoms with Gasteiger partial charge in [0.05, 0.1) is 5.69 Å². The van der Waals surface area contributed by atoms with Crippen LogP contribution in [0.1, 0.15) is 15.9 Å². The second-order valence-electron chi connectivity index (χ2n) is 4.48. The lowest BCUT2D eigenvalue weighted by Crippen LogP contribution is -2.41. The molecule has 0 saturated carbocycles. The average molecular weight is 383 g/mol. The summed E-state index contributed by atoms with van der Waals surface area (Å²) >= 11 is 2.04. The molecule has 1 aliphatic heterocycles. The normalized spacial score (nSPS) is 14.1. The summed E-state index contributed by atoms with van der Waals surface area (Å²) in [7, 11) is 0. The lowest BCUT2D eigenvalue weighted by Gasteiger charge is -2.29. The first-order chi connectivity index (χ1) is 9.65. The van der Waals surface area contributed by atoms with Gasteiger partial charge < -0.3 is 0 Å². The van der Waals surface area contributed by atoms with Crippen LogP contribution in [-0.2, 0) is 6.42 Å². The van der Waals surface area contributed by atoms with E-state index in [4.69, 9.17) is 0 Å². The highest BCUT2D eigenvalue weighted by molar-refractivity contribution is 14.1. The Hall–Kier alpha value is -1.70. The van der Waals surface area contributed by atoms with Crippen molar-refractivity contribution in [2.75, 3.05) is 12.0 Å². The summed E-state index contributed by atoms with van der Waals surface area (Å²) < 4.78 is 14.6. The number of pyridine rings is 1.